The van der Waals surface area contributed by atoms with Gasteiger partial charge in [-0.3, -0.25) is 4.79 Å². The maximum Gasteiger partial charge on any atom is 0.309 e. The van der Waals surface area contributed by atoms with E-state index in [1.54, 1.807) is 0 Å². The number of alkyl halides is 1. The molecule has 0 N–H and O–H groups in total. The van der Waals surface area contributed by atoms with Gasteiger partial charge in [0.25, 0.3) is 0 Å². The zero-order chi connectivity index (χ0) is 13.7. The lowest BCUT2D eigenvalue weighted by Crippen LogP contribution is -2.25. The summed E-state index contributed by atoms with van der Waals surface area (Å²) in [6, 6.07) is 0. The maximum absolute atomic E-state index is 11.7. The third-order valence-corrected chi connectivity index (χ3v) is 4.22. The fourth-order valence-corrected chi connectivity index (χ4v) is 3.35. The van der Waals surface area contributed by atoms with Crippen molar-refractivity contribution in [2.24, 2.45) is 11.8 Å². The van der Waals surface area contributed by atoms with Crippen molar-refractivity contribution in [3.63, 3.8) is 0 Å². The summed E-state index contributed by atoms with van der Waals surface area (Å²) in [4.78, 5) is 12.0. The van der Waals surface area contributed by atoms with E-state index in [0.717, 1.165) is 19.3 Å². The smallest absolute Gasteiger partial charge is 0.309 e. The minimum Gasteiger partial charge on any atom is -0.466 e. The number of esters is 1. The topological polar surface area (TPSA) is 35.5 Å². The SMILES string of the molecule is CCOC(=O)C1CC(Br)C(OC(C)CC(C)C)C1. The number of hydrogen-bond donors (Lipinski definition) is 0. The summed E-state index contributed by atoms with van der Waals surface area (Å²) in [5, 5.41) is 0. The number of rotatable bonds is 6. The lowest BCUT2D eigenvalue weighted by molar-refractivity contribution is -0.148. The lowest BCUT2D eigenvalue weighted by Gasteiger charge is -2.22. The predicted molar refractivity (Wildman–Crippen MR) is 75.9 cm³/mol. The van der Waals surface area contributed by atoms with Crippen LogP contribution in [0.4, 0.5) is 0 Å². The van der Waals surface area contributed by atoms with Crippen LogP contribution in [-0.2, 0) is 14.3 Å². The minimum absolute atomic E-state index is 0.00873. The number of ether oxygens (including phenoxy) is 2. The highest BCUT2D eigenvalue weighted by Crippen LogP contribution is 2.35. The van der Waals surface area contributed by atoms with Gasteiger partial charge in [0, 0.05) is 4.83 Å². The molecule has 0 aromatic rings. The normalized spacial score (nSPS) is 29.6. The van der Waals surface area contributed by atoms with Crippen LogP contribution in [0.3, 0.4) is 0 Å². The molecule has 0 aliphatic heterocycles. The van der Waals surface area contributed by atoms with Gasteiger partial charge in [-0.1, -0.05) is 29.8 Å². The molecule has 0 spiro atoms. The van der Waals surface area contributed by atoms with E-state index in [-0.39, 0.29) is 28.9 Å². The van der Waals surface area contributed by atoms with Crippen LogP contribution in [0.15, 0.2) is 0 Å². The van der Waals surface area contributed by atoms with Gasteiger partial charge >= 0.3 is 5.97 Å². The van der Waals surface area contributed by atoms with Crippen LogP contribution >= 0.6 is 15.9 Å². The van der Waals surface area contributed by atoms with Crippen LogP contribution in [-0.4, -0.2) is 29.6 Å². The molecule has 4 atom stereocenters. The van der Waals surface area contributed by atoms with Crippen LogP contribution in [0, 0.1) is 11.8 Å². The molecule has 1 aliphatic rings. The first kappa shape index (κ1) is 16.0. The molecular formula is C14H25BrO3. The first-order valence-corrected chi connectivity index (χ1v) is 7.81. The third kappa shape index (κ3) is 4.88. The molecule has 0 aromatic heterocycles. The first-order chi connectivity index (χ1) is 8.43. The highest BCUT2D eigenvalue weighted by atomic mass is 79.9. The van der Waals surface area contributed by atoms with Gasteiger partial charge < -0.3 is 9.47 Å². The second-order valence-electron chi connectivity index (χ2n) is 5.55. The van der Waals surface area contributed by atoms with E-state index in [0.29, 0.717) is 12.5 Å². The molecule has 1 fully saturated rings. The molecule has 0 amide bonds. The average molecular weight is 321 g/mol. The first-order valence-electron chi connectivity index (χ1n) is 6.90. The second kappa shape index (κ2) is 7.49. The van der Waals surface area contributed by atoms with Gasteiger partial charge in [-0.05, 0) is 39.0 Å². The van der Waals surface area contributed by atoms with E-state index in [1.807, 2.05) is 6.92 Å². The van der Waals surface area contributed by atoms with Crippen molar-refractivity contribution in [2.75, 3.05) is 6.61 Å². The van der Waals surface area contributed by atoms with Crippen LogP contribution in [0.5, 0.6) is 0 Å². The Kier molecular flexibility index (Phi) is 6.64. The van der Waals surface area contributed by atoms with Gasteiger partial charge in [0.1, 0.15) is 0 Å². The van der Waals surface area contributed by atoms with Crippen molar-refractivity contribution in [1.82, 2.24) is 0 Å². The quantitative estimate of drug-likeness (QED) is 0.554. The van der Waals surface area contributed by atoms with Crippen molar-refractivity contribution in [2.45, 2.75) is 64.0 Å². The van der Waals surface area contributed by atoms with Gasteiger partial charge in [-0.2, -0.15) is 0 Å². The predicted octanol–water partition coefficient (Wildman–Crippen LogP) is 3.54. The number of carbonyl (C=O) groups excluding carboxylic acids is 1. The Labute approximate surface area is 119 Å². The monoisotopic (exact) mass is 320 g/mol. The zero-order valence-electron chi connectivity index (χ0n) is 11.8. The Bertz CT molecular complexity index is 268. The lowest BCUT2D eigenvalue weighted by atomic mass is 10.1. The molecule has 3 nitrogen and oxygen atoms in total. The molecule has 18 heavy (non-hydrogen) atoms. The zero-order valence-corrected chi connectivity index (χ0v) is 13.4. The third-order valence-electron chi connectivity index (χ3n) is 3.26. The molecule has 0 heterocycles. The molecule has 1 rings (SSSR count). The molecule has 0 saturated heterocycles. The summed E-state index contributed by atoms with van der Waals surface area (Å²) in [6.07, 6.45) is 3.03. The van der Waals surface area contributed by atoms with Crippen molar-refractivity contribution in [3.8, 4) is 0 Å². The van der Waals surface area contributed by atoms with E-state index in [4.69, 9.17) is 9.47 Å². The summed E-state index contributed by atoms with van der Waals surface area (Å²) in [5.74, 6) is 0.547. The molecule has 0 radical (unpaired) electrons. The van der Waals surface area contributed by atoms with Gasteiger partial charge in [0.2, 0.25) is 0 Å². The van der Waals surface area contributed by atoms with Crippen molar-refractivity contribution < 1.29 is 14.3 Å². The van der Waals surface area contributed by atoms with E-state index in [2.05, 4.69) is 36.7 Å². The summed E-state index contributed by atoms with van der Waals surface area (Å²) in [5.41, 5.74) is 0. The molecular weight excluding hydrogens is 296 g/mol. The second-order valence-corrected chi connectivity index (χ2v) is 6.73. The Morgan fingerprint density at radius 2 is 2.00 bits per heavy atom. The molecule has 4 unspecified atom stereocenters. The van der Waals surface area contributed by atoms with Gasteiger partial charge in [0.15, 0.2) is 0 Å². The summed E-state index contributed by atoms with van der Waals surface area (Å²) in [6.45, 7) is 8.80. The van der Waals surface area contributed by atoms with E-state index >= 15 is 0 Å². The minimum atomic E-state index is -0.0791. The van der Waals surface area contributed by atoms with E-state index in [9.17, 15) is 4.79 Å². The van der Waals surface area contributed by atoms with E-state index < -0.39 is 0 Å². The van der Waals surface area contributed by atoms with Crippen molar-refractivity contribution in [3.05, 3.63) is 0 Å². The van der Waals surface area contributed by atoms with Crippen LogP contribution in [0.1, 0.15) is 47.0 Å². The van der Waals surface area contributed by atoms with Gasteiger partial charge in [-0.25, -0.2) is 0 Å². The fourth-order valence-electron chi connectivity index (χ4n) is 2.56. The highest BCUT2D eigenvalue weighted by molar-refractivity contribution is 9.09. The van der Waals surface area contributed by atoms with Crippen molar-refractivity contribution >= 4 is 21.9 Å². The highest BCUT2D eigenvalue weighted by Gasteiger charge is 2.38. The van der Waals surface area contributed by atoms with E-state index in [1.165, 1.54) is 0 Å². The van der Waals surface area contributed by atoms with Crippen molar-refractivity contribution in [1.29, 1.82) is 0 Å². The number of hydrogen-bond acceptors (Lipinski definition) is 3. The summed E-state index contributed by atoms with van der Waals surface area (Å²) < 4.78 is 11.1. The van der Waals surface area contributed by atoms with Gasteiger partial charge in [0.05, 0.1) is 24.7 Å². The molecule has 106 valence electrons. The van der Waals surface area contributed by atoms with Crippen LogP contribution < -0.4 is 0 Å². The maximum atomic E-state index is 11.7. The number of halogens is 1. The standard InChI is InChI=1S/C14H25BrO3/c1-5-17-14(16)11-7-12(15)13(8-11)18-10(4)6-9(2)3/h9-13H,5-8H2,1-4H3. The van der Waals surface area contributed by atoms with Gasteiger partial charge in [-0.15, -0.1) is 0 Å². The Hall–Kier alpha value is -0.0900. The molecule has 0 aromatic carbocycles. The fraction of sp³-hybridized carbons (Fsp3) is 0.929. The van der Waals surface area contributed by atoms with Crippen LogP contribution in [0.25, 0.3) is 0 Å². The largest absolute Gasteiger partial charge is 0.466 e. The summed E-state index contributed by atoms with van der Waals surface area (Å²) >= 11 is 3.63. The molecule has 1 aliphatic carbocycles. The molecule has 0 bridgehead atoms. The number of carbonyl (C=O) groups is 1. The van der Waals surface area contributed by atoms with Crippen LogP contribution in [0.2, 0.25) is 0 Å². The Morgan fingerprint density at radius 1 is 1.33 bits per heavy atom. The summed E-state index contributed by atoms with van der Waals surface area (Å²) in [7, 11) is 0. The molecule has 4 heteroatoms. The average Bonchev–Trinajstić information content (AvgIpc) is 2.59. The Balaban J connectivity index is 2.42. The Morgan fingerprint density at radius 3 is 2.56 bits per heavy atom. The molecule has 1 saturated carbocycles.